The molecule has 1 aliphatic heterocycles. The van der Waals surface area contributed by atoms with Gasteiger partial charge in [0.15, 0.2) is 0 Å². The highest BCUT2D eigenvalue weighted by Gasteiger charge is 2.38. The van der Waals surface area contributed by atoms with Crippen LogP contribution in [-0.4, -0.2) is 33.4 Å². The Bertz CT molecular complexity index is 873. The van der Waals surface area contributed by atoms with E-state index in [1.165, 1.54) is 0 Å². The predicted octanol–water partition coefficient (Wildman–Crippen LogP) is 4.78. The molecule has 3 rings (SSSR count). The third-order valence-electron chi connectivity index (χ3n) is 4.54. The van der Waals surface area contributed by atoms with E-state index in [4.69, 9.17) is 16.3 Å². The standard InChI is InChI=1S/C20H23ClN2O4S/c1-20(2,3)19(26)23-10-4-5-15(23)17-22-14(16(28-17)18(24)25)11-27-13-8-6-12(21)7-9-13/h6-9,15H,4-5,10-11H2,1-3H3,(H,24,25)/t15-/m1/s1. The molecule has 2 aromatic rings. The van der Waals surface area contributed by atoms with Gasteiger partial charge in [-0.1, -0.05) is 32.4 Å². The van der Waals surface area contributed by atoms with E-state index in [1.54, 1.807) is 24.3 Å². The number of amides is 1. The molecule has 0 saturated carbocycles. The number of benzene rings is 1. The van der Waals surface area contributed by atoms with E-state index < -0.39 is 11.4 Å². The second-order valence-corrected chi connectivity index (χ2v) is 9.25. The Morgan fingerprint density at radius 1 is 1.32 bits per heavy atom. The summed E-state index contributed by atoms with van der Waals surface area (Å²) in [4.78, 5) is 31.0. The average Bonchev–Trinajstić information content (AvgIpc) is 3.26. The molecule has 1 atom stereocenters. The van der Waals surface area contributed by atoms with Crippen LogP contribution >= 0.6 is 22.9 Å². The number of thiazole rings is 1. The topological polar surface area (TPSA) is 79.7 Å². The molecule has 2 heterocycles. The molecule has 1 aromatic heterocycles. The first-order valence-corrected chi connectivity index (χ1v) is 10.3. The summed E-state index contributed by atoms with van der Waals surface area (Å²) in [5.41, 5.74) is -0.117. The Morgan fingerprint density at radius 2 is 2.00 bits per heavy atom. The van der Waals surface area contributed by atoms with Crippen LogP contribution in [0.2, 0.25) is 5.02 Å². The molecular formula is C20H23ClN2O4S. The molecule has 1 amide bonds. The van der Waals surface area contributed by atoms with Crippen LogP contribution in [0.5, 0.6) is 5.75 Å². The van der Waals surface area contributed by atoms with Gasteiger partial charge in [-0.05, 0) is 37.1 Å². The molecule has 0 bridgehead atoms. The van der Waals surface area contributed by atoms with Gasteiger partial charge in [0.05, 0.1) is 6.04 Å². The molecule has 1 aromatic carbocycles. The Balaban J connectivity index is 1.82. The molecule has 6 nitrogen and oxygen atoms in total. The SMILES string of the molecule is CC(C)(C)C(=O)N1CCC[C@@H]1c1nc(COc2ccc(Cl)cc2)c(C(=O)O)s1. The minimum atomic E-state index is -1.04. The minimum absolute atomic E-state index is 0.0414. The van der Waals surface area contributed by atoms with Crippen molar-refractivity contribution < 1.29 is 19.4 Å². The smallest absolute Gasteiger partial charge is 0.347 e. The van der Waals surface area contributed by atoms with Gasteiger partial charge in [0, 0.05) is 17.0 Å². The lowest BCUT2D eigenvalue weighted by atomic mass is 9.94. The highest BCUT2D eigenvalue weighted by Crippen LogP contribution is 2.38. The molecule has 0 unspecified atom stereocenters. The number of aromatic nitrogens is 1. The molecule has 1 fully saturated rings. The number of aromatic carboxylic acids is 1. The lowest BCUT2D eigenvalue weighted by Crippen LogP contribution is -2.38. The number of carbonyl (C=O) groups excluding carboxylic acids is 1. The van der Waals surface area contributed by atoms with Crippen LogP contribution in [0.25, 0.3) is 0 Å². The zero-order valence-electron chi connectivity index (χ0n) is 16.1. The maximum absolute atomic E-state index is 12.8. The molecule has 1 saturated heterocycles. The van der Waals surface area contributed by atoms with Gasteiger partial charge in [0.1, 0.15) is 27.9 Å². The molecule has 0 aliphatic carbocycles. The van der Waals surface area contributed by atoms with Gasteiger partial charge in [-0.15, -0.1) is 11.3 Å². The van der Waals surface area contributed by atoms with E-state index >= 15 is 0 Å². The average molecular weight is 423 g/mol. The maximum atomic E-state index is 12.8. The molecule has 150 valence electrons. The maximum Gasteiger partial charge on any atom is 0.347 e. The summed E-state index contributed by atoms with van der Waals surface area (Å²) in [6.45, 7) is 6.38. The molecule has 28 heavy (non-hydrogen) atoms. The van der Waals surface area contributed by atoms with Crippen molar-refractivity contribution in [2.24, 2.45) is 5.41 Å². The molecule has 8 heteroatoms. The predicted molar refractivity (Wildman–Crippen MR) is 108 cm³/mol. The summed E-state index contributed by atoms with van der Waals surface area (Å²) in [7, 11) is 0. The second kappa shape index (κ2) is 8.09. The third kappa shape index (κ3) is 4.47. The van der Waals surface area contributed by atoms with Crippen LogP contribution in [0, 0.1) is 5.41 Å². The first-order chi connectivity index (χ1) is 13.2. The zero-order chi connectivity index (χ0) is 20.5. The first-order valence-electron chi connectivity index (χ1n) is 9.09. The van der Waals surface area contributed by atoms with E-state index in [9.17, 15) is 14.7 Å². The van der Waals surface area contributed by atoms with Crippen molar-refractivity contribution in [3.05, 3.63) is 44.9 Å². The van der Waals surface area contributed by atoms with Crippen LogP contribution in [-0.2, 0) is 11.4 Å². The summed E-state index contributed by atoms with van der Waals surface area (Å²) >= 11 is 7.00. The number of hydrogen-bond acceptors (Lipinski definition) is 5. The van der Waals surface area contributed by atoms with E-state index in [0.29, 0.717) is 28.0 Å². The Morgan fingerprint density at radius 3 is 2.61 bits per heavy atom. The number of carboxylic acid groups (broad SMARTS) is 1. The fraction of sp³-hybridized carbons (Fsp3) is 0.450. The lowest BCUT2D eigenvalue weighted by Gasteiger charge is -2.29. The van der Waals surface area contributed by atoms with Gasteiger partial charge < -0.3 is 14.7 Å². The number of ether oxygens (including phenoxy) is 1. The Hall–Kier alpha value is -2.12. The number of nitrogens with zero attached hydrogens (tertiary/aromatic N) is 2. The van der Waals surface area contributed by atoms with E-state index in [2.05, 4.69) is 4.98 Å². The lowest BCUT2D eigenvalue weighted by molar-refractivity contribution is -0.140. The van der Waals surface area contributed by atoms with Crippen LogP contribution in [0.3, 0.4) is 0 Å². The fourth-order valence-electron chi connectivity index (χ4n) is 3.16. The van der Waals surface area contributed by atoms with Crippen molar-refractivity contribution in [3.8, 4) is 5.75 Å². The second-order valence-electron chi connectivity index (χ2n) is 7.78. The summed E-state index contributed by atoms with van der Waals surface area (Å²) in [6.07, 6.45) is 1.66. The van der Waals surface area contributed by atoms with Crippen LogP contribution in [0.4, 0.5) is 0 Å². The van der Waals surface area contributed by atoms with Crippen LogP contribution < -0.4 is 4.74 Å². The largest absolute Gasteiger partial charge is 0.487 e. The van der Waals surface area contributed by atoms with Crippen molar-refractivity contribution in [3.63, 3.8) is 0 Å². The molecular weight excluding hydrogens is 400 g/mol. The number of hydrogen-bond donors (Lipinski definition) is 1. The van der Waals surface area contributed by atoms with Gasteiger partial charge in [0.2, 0.25) is 5.91 Å². The summed E-state index contributed by atoms with van der Waals surface area (Å²) in [5, 5.41) is 10.8. The van der Waals surface area contributed by atoms with Crippen LogP contribution in [0.1, 0.15) is 60.0 Å². The molecule has 0 radical (unpaired) electrons. The van der Waals surface area contributed by atoms with E-state index in [0.717, 1.165) is 24.2 Å². The van der Waals surface area contributed by atoms with Gasteiger partial charge in [0.25, 0.3) is 0 Å². The number of carboxylic acids is 1. The van der Waals surface area contributed by atoms with Gasteiger partial charge in [-0.3, -0.25) is 4.79 Å². The number of carbonyl (C=O) groups is 2. The summed E-state index contributed by atoms with van der Waals surface area (Å²) < 4.78 is 5.68. The summed E-state index contributed by atoms with van der Waals surface area (Å²) in [5.74, 6) is -0.396. The van der Waals surface area contributed by atoms with Crippen molar-refractivity contribution in [2.75, 3.05) is 6.54 Å². The number of rotatable bonds is 5. The highest BCUT2D eigenvalue weighted by atomic mass is 35.5. The summed E-state index contributed by atoms with van der Waals surface area (Å²) in [6, 6.07) is 6.67. The fourth-order valence-corrected chi connectivity index (χ4v) is 4.34. The Kier molecular flexibility index (Phi) is 5.95. The quantitative estimate of drug-likeness (QED) is 0.749. The molecule has 1 aliphatic rings. The monoisotopic (exact) mass is 422 g/mol. The highest BCUT2D eigenvalue weighted by molar-refractivity contribution is 7.13. The molecule has 1 N–H and O–H groups in total. The molecule has 0 spiro atoms. The zero-order valence-corrected chi connectivity index (χ0v) is 17.6. The van der Waals surface area contributed by atoms with Gasteiger partial charge in [-0.25, -0.2) is 9.78 Å². The van der Waals surface area contributed by atoms with Crippen molar-refractivity contribution in [1.29, 1.82) is 0 Å². The number of likely N-dealkylation sites (tertiary alicyclic amines) is 1. The Labute approximate surface area is 173 Å². The van der Waals surface area contributed by atoms with E-state index in [1.807, 2.05) is 25.7 Å². The van der Waals surface area contributed by atoms with E-state index in [-0.39, 0.29) is 23.4 Å². The van der Waals surface area contributed by atoms with Crippen LogP contribution in [0.15, 0.2) is 24.3 Å². The van der Waals surface area contributed by atoms with Crippen molar-refractivity contribution in [1.82, 2.24) is 9.88 Å². The van der Waals surface area contributed by atoms with Gasteiger partial charge in [-0.2, -0.15) is 0 Å². The van der Waals surface area contributed by atoms with Gasteiger partial charge >= 0.3 is 5.97 Å². The number of halogens is 1. The third-order valence-corrected chi connectivity index (χ3v) is 5.98. The normalized spacial score (nSPS) is 17.0. The van der Waals surface area contributed by atoms with Crippen molar-refractivity contribution >= 4 is 34.8 Å². The van der Waals surface area contributed by atoms with Crippen molar-refractivity contribution in [2.45, 2.75) is 46.3 Å². The minimum Gasteiger partial charge on any atom is -0.487 e. The first kappa shape index (κ1) is 20.6.